The molecule has 5 heteroatoms. The summed E-state index contributed by atoms with van der Waals surface area (Å²) in [5, 5.41) is 8.80. The van der Waals surface area contributed by atoms with Crippen LogP contribution in [0.15, 0.2) is 12.2 Å². The molecule has 0 saturated heterocycles. The maximum absolute atomic E-state index is 11.3. The maximum atomic E-state index is 11.3. The van der Waals surface area contributed by atoms with Gasteiger partial charge in [0.25, 0.3) is 0 Å². The summed E-state index contributed by atoms with van der Waals surface area (Å²) < 4.78 is 13.9. The van der Waals surface area contributed by atoms with E-state index in [2.05, 4.69) is 4.72 Å². The van der Waals surface area contributed by atoms with Crippen LogP contribution >= 0.6 is 0 Å². The molecule has 2 N–H and O–H groups in total. The minimum Gasteiger partial charge on any atom is -0.480 e. The fraction of sp³-hybridized carbons (Fsp3) is 0.667. The number of allylic oxidation sites excluding steroid dienone is 1. The van der Waals surface area contributed by atoms with Crippen LogP contribution in [0.5, 0.6) is 0 Å². The molecule has 82 valence electrons. The van der Waals surface area contributed by atoms with Crippen molar-refractivity contribution in [3.05, 3.63) is 12.2 Å². The highest BCUT2D eigenvalue weighted by atomic mass is 32.2. The molecular formula is C9H17NO3S. The summed E-state index contributed by atoms with van der Waals surface area (Å²) in [5.74, 6) is -0.705. The summed E-state index contributed by atoms with van der Waals surface area (Å²) in [6.45, 7) is 5.38. The van der Waals surface area contributed by atoms with Gasteiger partial charge in [-0.25, -0.2) is 8.93 Å². The van der Waals surface area contributed by atoms with Gasteiger partial charge in [-0.1, -0.05) is 26.0 Å². The van der Waals surface area contributed by atoms with E-state index in [0.29, 0.717) is 5.75 Å². The normalized spacial score (nSPS) is 16.0. The molecule has 0 saturated carbocycles. The summed E-state index contributed by atoms with van der Waals surface area (Å²) in [7, 11) is -1.31. The second-order valence-electron chi connectivity index (χ2n) is 3.26. The van der Waals surface area contributed by atoms with Crippen LogP contribution in [0.1, 0.15) is 20.8 Å². The first-order valence-electron chi connectivity index (χ1n) is 4.47. The van der Waals surface area contributed by atoms with Gasteiger partial charge in [0.1, 0.15) is 6.04 Å². The largest absolute Gasteiger partial charge is 0.480 e. The predicted molar refractivity (Wildman–Crippen MR) is 57.2 cm³/mol. The van der Waals surface area contributed by atoms with Crippen molar-refractivity contribution in [1.29, 1.82) is 0 Å². The zero-order valence-corrected chi connectivity index (χ0v) is 9.50. The van der Waals surface area contributed by atoms with E-state index in [0.717, 1.165) is 0 Å². The van der Waals surface area contributed by atoms with Crippen LogP contribution < -0.4 is 4.72 Å². The van der Waals surface area contributed by atoms with Crippen LogP contribution in [0.2, 0.25) is 0 Å². The van der Waals surface area contributed by atoms with Crippen molar-refractivity contribution in [1.82, 2.24) is 4.72 Å². The van der Waals surface area contributed by atoms with Crippen LogP contribution in [0.3, 0.4) is 0 Å². The first kappa shape index (κ1) is 13.3. The van der Waals surface area contributed by atoms with Crippen molar-refractivity contribution < 1.29 is 14.1 Å². The summed E-state index contributed by atoms with van der Waals surface area (Å²) in [4.78, 5) is 10.7. The zero-order chi connectivity index (χ0) is 11.1. The Morgan fingerprint density at radius 1 is 1.57 bits per heavy atom. The number of nitrogens with one attached hydrogen (secondary N) is 1. The summed E-state index contributed by atoms with van der Waals surface area (Å²) in [5.41, 5.74) is 0. The molecule has 2 atom stereocenters. The van der Waals surface area contributed by atoms with Crippen LogP contribution in [0.4, 0.5) is 0 Å². The second kappa shape index (κ2) is 6.73. The minimum absolute atomic E-state index is 0.0814. The number of carbonyl (C=O) groups is 1. The zero-order valence-electron chi connectivity index (χ0n) is 8.69. The third-order valence-electron chi connectivity index (χ3n) is 1.67. The lowest BCUT2D eigenvalue weighted by molar-refractivity contribution is -0.140. The van der Waals surface area contributed by atoms with E-state index in [9.17, 15) is 9.00 Å². The Morgan fingerprint density at radius 2 is 2.14 bits per heavy atom. The van der Waals surface area contributed by atoms with Crippen molar-refractivity contribution in [3.63, 3.8) is 0 Å². The fourth-order valence-corrected chi connectivity index (χ4v) is 1.96. The van der Waals surface area contributed by atoms with Gasteiger partial charge in [-0.3, -0.25) is 4.79 Å². The summed E-state index contributed by atoms with van der Waals surface area (Å²) in [6, 6.07) is -0.749. The quantitative estimate of drug-likeness (QED) is 0.653. The van der Waals surface area contributed by atoms with Gasteiger partial charge < -0.3 is 5.11 Å². The van der Waals surface area contributed by atoms with Gasteiger partial charge in [0.15, 0.2) is 0 Å². The van der Waals surface area contributed by atoms with Crippen LogP contribution in [-0.4, -0.2) is 27.1 Å². The molecule has 14 heavy (non-hydrogen) atoms. The van der Waals surface area contributed by atoms with E-state index in [1.165, 1.54) is 0 Å². The molecule has 0 bridgehead atoms. The number of carboxylic acids is 1. The van der Waals surface area contributed by atoms with Crippen LogP contribution in [0.25, 0.3) is 0 Å². The minimum atomic E-state index is -1.31. The molecule has 0 aliphatic carbocycles. The van der Waals surface area contributed by atoms with Gasteiger partial charge in [0.05, 0.1) is 16.7 Å². The predicted octanol–water partition coefficient (Wildman–Crippen LogP) is 0.925. The Bertz CT molecular complexity index is 238. The molecule has 0 aliphatic rings. The van der Waals surface area contributed by atoms with Crippen LogP contribution in [0, 0.1) is 5.92 Å². The Labute approximate surface area is 87.0 Å². The van der Waals surface area contributed by atoms with Crippen molar-refractivity contribution in [2.24, 2.45) is 5.92 Å². The highest BCUT2D eigenvalue weighted by Gasteiger charge is 2.22. The Balaban J connectivity index is 4.17. The molecule has 0 aliphatic heterocycles. The molecule has 0 heterocycles. The molecule has 0 amide bonds. The van der Waals surface area contributed by atoms with E-state index in [4.69, 9.17) is 5.11 Å². The average molecular weight is 219 g/mol. The first-order chi connectivity index (χ1) is 6.49. The number of carboxylic acid groups (broad SMARTS) is 1. The van der Waals surface area contributed by atoms with Gasteiger partial charge in [-0.05, 0) is 12.8 Å². The lowest BCUT2D eigenvalue weighted by Crippen LogP contribution is -2.42. The van der Waals surface area contributed by atoms with E-state index in [-0.39, 0.29) is 5.92 Å². The van der Waals surface area contributed by atoms with Gasteiger partial charge in [-0.2, -0.15) is 0 Å². The Morgan fingerprint density at radius 3 is 2.50 bits per heavy atom. The van der Waals surface area contributed by atoms with Gasteiger partial charge in [0.2, 0.25) is 0 Å². The third-order valence-corrected chi connectivity index (χ3v) is 2.69. The maximum Gasteiger partial charge on any atom is 0.321 e. The van der Waals surface area contributed by atoms with E-state index < -0.39 is 23.0 Å². The molecule has 0 aromatic carbocycles. The van der Waals surface area contributed by atoms with Crippen molar-refractivity contribution in [2.75, 3.05) is 5.75 Å². The van der Waals surface area contributed by atoms with Crippen molar-refractivity contribution >= 4 is 17.0 Å². The molecular weight excluding hydrogens is 202 g/mol. The van der Waals surface area contributed by atoms with Crippen molar-refractivity contribution in [2.45, 2.75) is 26.8 Å². The van der Waals surface area contributed by atoms with Crippen molar-refractivity contribution in [3.8, 4) is 0 Å². The Hall–Kier alpha value is -0.680. The van der Waals surface area contributed by atoms with E-state index in [1.54, 1.807) is 26.0 Å². The first-order valence-corrected chi connectivity index (χ1v) is 5.79. The molecule has 2 unspecified atom stereocenters. The summed E-state index contributed by atoms with van der Waals surface area (Å²) in [6.07, 6.45) is 3.52. The molecule has 0 rings (SSSR count). The Kier molecular flexibility index (Phi) is 6.40. The van der Waals surface area contributed by atoms with Crippen LogP contribution in [-0.2, 0) is 15.8 Å². The SMILES string of the molecule is C/C=C\CS(=O)NC(C(=O)O)C(C)C. The molecule has 4 nitrogen and oxygen atoms in total. The summed E-state index contributed by atoms with van der Waals surface area (Å²) >= 11 is 0. The van der Waals surface area contributed by atoms with E-state index in [1.807, 2.05) is 6.92 Å². The average Bonchev–Trinajstić information content (AvgIpc) is 2.09. The topological polar surface area (TPSA) is 66.4 Å². The number of hydrogen-bond donors (Lipinski definition) is 2. The molecule has 0 radical (unpaired) electrons. The van der Waals surface area contributed by atoms with Gasteiger partial charge in [0, 0.05) is 0 Å². The monoisotopic (exact) mass is 219 g/mol. The smallest absolute Gasteiger partial charge is 0.321 e. The van der Waals surface area contributed by atoms with Gasteiger partial charge >= 0.3 is 5.97 Å². The molecule has 0 aromatic heterocycles. The molecule has 0 spiro atoms. The number of rotatable bonds is 6. The standard InChI is InChI=1S/C9H17NO3S/c1-4-5-6-14(13)10-8(7(2)3)9(11)12/h4-5,7-8,10H,6H2,1-3H3,(H,11,12)/b5-4-. The third kappa shape index (κ3) is 5.14. The fourth-order valence-electron chi connectivity index (χ4n) is 0.845. The number of hydrogen-bond acceptors (Lipinski definition) is 2. The lowest BCUT2D eigenvalue weighted by atomic mass is 10.1. The lowest BCUT2D eigenvalue weighted by Gasteiger charge is -2.16. The second-order valence-corrected chi connectivity index (χ2v) is 4.52. The highest BCUT2D eigenvalue weighted by molar-refractivity contribution is 7.83. The number of aliphatic carboxylic acids is 1. The van der Waals surface area contributed by atoms with Gasteiger partial charge in [-0.15, -0.1) is 0 Å². The highest BCUT2D eigenvalue weighted by Crippen LogP contribution is 2.02. The molecule has 0 fully saturated rings. The van der Waals surface area contributed by atoms with E-state index >= 15 is 0 Å². The molecule has 0 aromatic rings.